The first-order valence-electron chi connectivity index (χ1n) is 7.19. The minimum absolute atomic E-state index is 0.135. The largest absolute Gasteiger partial charge is 0.423 e. The standard InChI is InChI=1S/C17H16N2O3/c1-12-4-5-13(11-18-12)17(21)22-15-8-6-14(7-9-15)19-10-2-3-16(19)20/h4-9,11H,2-3,10H2,1H3. The number of ether oxygens (including phenoxy) is 1. The van der Waals surface area contributed by atoms with Crippen molar-refractivity contribution in [2.24, 2.45) is 0 Å². The molecule has 2 aromatic rings. The van der Waals surface area contributed by atoms with Crippen LogP contribution in [0.5, 0.6) is 5.75 Å². The second kappa shape index (κ2) is 5.97. The quantitative estimate of drug-likeness (QED) is 0.645. The topological polar surface area (TPSA) is 59.5 Å². The Bertz CT molecular complexity index is 693. The number of benzene rings is 1. The number of hydrogen-bond donors (Lipinski definition) is 0. The highest BCUT2D eigenvalue weighted by molar-refractivity contribution is 5.95. The number of amides is 1. The van der Waals surface area contributed by atoms with Crippen LogP contribution >= 0.6 is 0 Å². The fraction of sp³-hybridized carbons (Fsp3) is 0.235. The van der Waals surface area contributed by atoms with Gasteiger partial charge in [0.1, 0.15) is 5.75 Å². The van der Waals surface area contributed by atoms with E-state index < -0.39 is 5.97 Å². The van der Waals surface area contributed by atoms with Crippen LogP contribution < -0.4 is 9.64 Å². The molecule has 1 aliphatic heterocycles. The summed E-state index contributed by atoms with van der Waals surface area (Å²) in [4.78, 5) is 29.5. The average molecular weight is 296 g/mol. The molecule has 5 nitrogen and oxygen atoms in total. The van der Waals surface area contributed by atoms with Gasteiger partial charge in [0.05, 0.1) is 5.56 Å². The van der Waals surface area contributed by atoms with Crippen LogP contribution in [0.4, 0.5) is 5.69 Å². The molecular formula is C17H16N2O3. The second-order valence-corrected chi connectivity index (χ2v) is 5.22. The normalized spacial score (nSPS) is 14.2. The average Bonchev–Trinajstić information content (AvgIpc) is 2.95. The van der Waals surface area contributed by atoms with Crippen molar-refractivity contribution in [3.8, 4) is 5.75 Å². The van der Waals surface area contributed by atoms with E-state index in [2.05, 4.69) is 4.98 Å². The smallest absolute Gasteiger partial charge is 0.345 e. The number of pyridine rings is 1. The lowest BCUT2D eigenvalue weighted by molar-refractivity contribution is -0.117. The Labute approximate surface area is 128 Å². The number of rotatable bonds is 3. The molecule has 22 heavy (non-hydrogen) atoms. The molecule has 0 saturated carbocycles. The van der Waals surface area contributed by atoms with E-state index in [1.165, 1.54) is 6.20 Å². The van der Waals surface area contributed by atoms with Crippen molar-refractivity contribution in [2.75, 3.05) is 11.4 Å². The van der Waals surface area contributed by atoms with Crippen molar-refractivity contribution in [3.63, 3.8) is 0 Å². The van der Waals surface area contributed by atoms with E-state index in [4.69, 9.17) is 4.74 Å². The number of nitrogens with zero attached hydrogens (tertiary/aromatic N) is 2. The molecule has 1 aromatic heterocycles. The van der Waals surface area contributed by atoms with Crippen LogP contribution in [0.15, 0.2) is 42.6 Å². The van der Waals surface area contributed by atoms with Crippen LogP contribution in [0.25, 0.3) is 0 Å². The van der Waals surface area contributed by atoms with Gasteiger partial charge in [-0.05, 0) is 49.7 Å². The Morgan fingerprint density at radius 3 is 2.55 bits per heavy atom. The number of aryl methyl sites for hydroxylation is 1. The SMILES string of the molecule is Cc1ccc(C(=O)Oc2ccc(N3CCCC3=O)cc2)cn1. The third kappa shape index (κ3) is 2.98. The van der Waals surface area contributed by atoms with E-state index >= 15 is 0 Å². The van der Waals surface area contributed by atoms with Gasteiger partial charge in [-0.15, -0.1) is 0 Å². The van der Waals surface area contributed by atoms with Gasteiger partial charge in [0, 0.05) is 30.5 Å². The highest BCUT2D eigenvalue weighted by Crippen LogP contribution is 2.24. The summed E-state index contributed by atoms with van der Waals surface area (Å²) < 4.78 is 5.30. The van der Waals surface area contributed by atoms with Crippen LogP contribution in [0.1, 0.15) is 28.9 Å². The molecule has 0 radical (unpaired) electrons. The van der Waals surface area contributed by atoms with E-state index in [0.717, 1.165) is 24.3 Å². The number of esters is 1. The third-order valence-corrected chi connectivity index (χ3v) is 3.58. The second-order valence-electron chi connectivity index (χ2n) is 5.22. The molecule has 0 bridgehead atoms. The molecule has 0 atom stereocenters. The predicted molar refractivity (Wildman–Crippen MR) is 82.0 cm³/mol. The summed E-state index contributed by atoms with van der Waals surface area (Å²) in [7, 11) is 0. The van der Waals surface area contributed by atoms with Gasteiger partial charge in [0.15, 0.2) is 0 Å². The Balaban J connectivity index is 1.69. The fourth-order valence-electron chi connectivity index (χ4n) is 2.37. The zero-order valence-electron chi connectivity index (χ0n) is 12.3. The van der Waals surface area contributed by atoms with Gasteiger partial charge in [0.2, 0.25) is 5.91 Å². The first-order chi connectivity index (χ1) is 10.6. The molecular weight excluding hydrogens is 280 g/mol. The van der Waals surface area contributed by atoms with E-state index in [1.807, 2.05) is 6.92 Å². The van der Waals surface area contributed by atoms with Crippen molar-refractivity contribution >= 4 is 17.6 Å². The van der Waals surface area contributed by atoms with Crippen molar-refractivity contribution in [1.29, 1.82) is 0 Å². The molecule has 0 N–H and O–H groups in total. The summed E-state index contributed by atoms with van der Waals surface area (Å²) in [6, 6.07) is 10.4. The number of hydrogen-bond acceptors (Lipinski definition) is 4. The molecule has 2 heterocycles. The van der Waals surface area contributed by atoms with Crippen molar-refractivity contribution in [3.05, 3.63) is 53.9 Å². The van der Waals surface area contributed by atoms with Crippen LogP contribution in [-0.2, 0) is 4.79 Å². The number of carbonyl (C=O) groups is 2. The Hall–Kier alpha value is -2.69. The van der Waals surface area contributed by atoms with Crippen LogP contribution in [0, 0.1) is 6.92 Å². The maximum absolute atomic E-state index is 12.0. The van der Waals surface area contributed by atoms with Gasteiger partial charge in [-0.2, -0.15) is 0 Å². The maximum atomic E-state index is 12.0. The molecule has 1 fully saturated rings. The molecule has 5 heteroatoms. The summed E-state index contributed by atoms with van der Waals surface area (Å²) in [6.45, 7) is 2.60. The third-order valence-electron chi connectivity index (χ3n) is 3.58. The van der Waals surface area contributed by atoms with Gasteiger partial charge in [-0.3, -0.25) is 9.78 Å². The minimum atomic E-state index is -0.447. The first-order valence-corrected chi connectivity index (χ1v) is 7.19. The van der Waals surface area contributed by atoms with Crippen molar-refractivity contribution < 1.29 is 14.3 Å². The number of aromatic nitrogens is 1. The van der Waals surface area contributed by atoms with Crippen molar-refractivity contribution in [2.45, 2.75) is 19.8 Å². The minimum Gasteiger partial charge on any atom is -0.423 e. The van der Waals surface area contributed by atoms with E-state index in [0.29, 0.717) is 17.7 Å². The fourth-order valence-corrected chi connectivity index (χ4v) is 2.37. The summed E-state index contributed by atoms with van der Waals surface area (Å²) >= 11 is 0. The Kier molecular flexibility index (Phi) is 3.87. The highest BCUT2D eigenvalue weighted by atomic mass is 16.5. The van der Waals surface area contributed by atoms with Crippen molar-refractivity contribution in [1.82, 2.24) is 4.98 Å². The van der Waals surface area contributed by atoms with Gasteiger partial charge in [-0.25, -0.2) is 4.79 Å². The molecule has 112 valence electrons. The highest BCUT2D eigenvalue weighted by Gasteiger charge is 2.21. The molecule has 0 aliphatic carbocycles. The zero-order chi connectivity index (χ0) is 15.5. The molecule has 1 aliphatic rings. The predicted octanol–water partition coefficient (Wildman–Crippen LogP) is 2.74. The Morgan fingerprint density at radius 1 is 1.18 bits per heavy atom. The zero-order valence-corrected chi connectivity index (χ0v) is 12.3. The molecule has 0 unspecified atom stereocenters. The lowest BCUT2D eigenvalue weighted by atomic mass is 10.2. The summed E-state index contributed by atoms with van der Waals surface area (Å²) in [6.07, 6.45) is 2.97. The van der Waals surface area contributed by atoms with Crippen LogP contribution in [0.3, 0.4) is 0 Å². The molecule has 1 saturated heterocycles. The van der Waals surface area contributed by atoms with Gasteiger partial charge in [-0.1, -0.05) is 0 Å². The lowest BCUT2D eigenvalue weighted by Gasteiger charge is -2.15. The van der Waals surface area contributed by atoms with Crippen LogP contribution in [0.2, 0.25) is 0 Å². The van der Waals surface area contributed by atoms with Gasteiger partial charge in [0.25, 0.3) is 0 Å². The van der Waals surface area contributed by atoms with Gasteiger partial charge < -0.3 is 9.64 Å². The maximum Gasteiger partial charge on any atom is 0.345 e. The first kappa shape index (κ1) is 14.3. The van der Waals surface area contributed by atoms with Crippen LogP contribution in [-0.4, -0.2) is 23.4 Å². The molecule has 0 spiro atoms. The van der Waals surface area contributed by atoms with E-state index in [1.54, 1.807) is 41.3 Å². The summed E-state index contributed by atoms with van der Waals surface area (Å²) in [5, 5.41) is 0. The number of anilines is 1. The van der Waals surface area contributed by atoms with E-state index in [-0.39, 0.29) is 5.91 Å². The summed E-state index contributed by atoms with van der Waals surface area (Å²) in [5.41, 5.74) is 2.08. The Morgan fingerprint density at radius 2 is 1.95 bits per heavy atom. The number of carbonyl (C=O) groups excluding carboxylic acids is 2. The molecule has 3 rings (SSSR count). The molecule has 1 aromatic carbocycles. The summed E-state index contributed by atoms with van der Waals surface area (Å²) in [5.74, 6) is 0.133. The van der Waals surface area contributed by atoms with Gasteiger partial charge >= 0.3 is 5.97 Å². The lowest BCUT2D eigenvalue weighted by Crippen LogP contribution is -2.23. The van der Waals surface area contributed by atoms with E-state index in [9.17, 15) is 9.59 Å². The molecule has 1 amide bonds. The monoisotopic (exact) mass is 296 g/mol.